The normalized spacial score (nSPS) is 17.0. The molecule has 0 aromatic carbocycles. The van der Waals surface area contributed by atoms with E-state index in [1.165, 1.54) is 22.7 Å². The number of anilines is 2. The molecule has 3 aromatic rings. The van der Waals surface area contributed by atoms with Gasteiger partial charge in [-0.25, -0.2) is 28.9 Å². The topological polar surface area (TPSA) is 115 Å². The number of amides is 1. The molecule has 1 N–H and O–H groups in total. The number of thioether (sulfide) groups is 1. The molecule has 0 unspecified atom stereocenters. The molecule has 0 aliphatic carbocycles. The summed E-state index contributed by atoms with van der Waals surface area (Å²) in [7, 11) is 0. The fourth-order valence-electron chi connectivity index (χ4n) is 5.28. The number of fused-ring (bicyclic) bond motifs is 1. The maximum absolute atomic E-state index is 16.0. The molecule has 1 fully saturated rings. The molecule has 1 amide bonds. The summed E-state index contributed by atoms with van der Waals surface area (Å²) in [5.41, 5.74) is 3.20. The van der Waals surface area contributed by atoms with Crippen LogP contribution in [0, 0.1) is 12.7 Å². The number of pyridine rings is 3. The maximum atomic E-state index is 16.0. The Morgan fingerprint density at radius 1 is 1.20 bits per heavy atom. The first-order valence-corrected chi connectivity index (χ1v) is 14.4. The number of aryl methyl sites for hydroxylation is 1. The molecule has 0 saturated carbocycles. The molecule has 41 heavy (non-hydrogen) atoms. The molecule has 10 nitrogen and oxygen atoms in total. The van der Waals surface area contributed by atoms with Gasteiger partial charge in [-0.1, -0.05) is 13.8 Å². The lowest BCUT2D eigenvalue weighted by Crippen LogP contribution is -2.56. The fourth-order valence-corrected chi connectivity index (χ4v) is 5.83. The number of hydrogen-bond acceptors (Lipinski definition) is 9. The third-order valence-corrected chi connectivity index (χ3v) is 7.95. The first-order valence-electron chi connectivity index (χ1n) is 13.2. The molecule has 12 heteroatoms. The summed E-state index contributed by atoms with van der Waals surface area (Å²) in [4.78, 5) is 47.6. The summed E-state index contributed by atoms with van der Waals surface area (Å²) in [6, 6.07) is 6.42. The van der Waals surface area contributed by atoms with Gasteiger partial charge in [0.05, 0.1) is 16.9 Å². The second kappa shape index (κ2) is 11.3. The third-order valence-electron chi connectivity index (χ3n) is 7.24. The Labute approximate surface area is 241 Å². The highest BCUT2D eigenvalue weighted by molar-refractivity contribution is 7.98. The van der Waals surface area contributed by atoms with Crippen LogP contribution in [0.3, 0.4) is 0 Å². The number of rotatable bonds is 4. The highest BCUT2D eigenvalue weighted by Gasteiger charge is 2.38. The van der Waals surface area contributed by atoms with Crippen molar-refractivity contribution in [3.05, 3.63) is 65.1 Å². The number of nitrogens with zero attached hydrogens (tertiary/aromatic N) is 7. The first kappa shape index (κ1) is 28.3. The fraction of sp³-hybridized carbons (Fsp3) is 0.345. The van der Waals surface area contributed by atoms with Gasteiger partial charge in [0.1, 0.15) is 22.4 Å². The van der Waals surface area contributed by atoms with Crippen molar-refractivity contribution in [1.29, 1.82) is 0 Å². The van der Waals surface area contributed by atoms with Gasteiger partial charge in [0.2, 0.25) is 5.82 Å². The zero-order valence-corrected chi connectivity index (χ0v) is 24.2. The molecule has 2 aliphatic rings. The number of piperazine rings is 1. The second-order valence-corrected chi connectivity index (χ2v) is 11.0. The van der Waals surface area contributed by atoms with E-state index in [1.807, 2.05) is 50.9 Å². The third kappa shape index (κ3) is 5.05. The van der Waals surface area contributed by atoms with Crippen molar-refractivity contribution in [2.45, 2.75) is 44.7 Å². The van der Waals surface area contributed by atoms with E-state index in [-0.39, 0.29) is 36.6 Å². The van der Waals surface area contributed by atoms with Gasteiger partial charge in [0, 0.05) is 43.6 Å². The molecule has 5 heterocycles. The lowest BCUT2D eigenvalue weighted by atomic mass is 10.0. The minimum absolute atomic E-state index is 0.00270. The summed E-state index contributed by atoms with van der Waals surface area (Å²) in [6.07, 6.45) is 4.21. The van der Waals surface area contributed by atoms with E-state index in [1.54, 1.807) is 29.4 Å². The van der Waals surface area contributed by atoms with Gasteiger partial charge in [0.15, 0.2) is 11.8 Å². The van der Waals surface area contributed by atoms with Crippen LogP contribution in [0.15, 0.2) is 52.5 Å². The van der Waals surface area contributed by atoms with Crippen LogP contribution in [0.25, 0.3) is 11.3 Å². The second-order valence-electron chi connectivity index (χ2n) is 10.2. The van der Waals surface area contributed by atoms with Crippen molar-refractivity contribution in [1.82, 2.24) is 24.8 Å². The Balaban J connectivity index is 1.78. The van der Waals surface area contributed by atoms with E-state index < -0.39 is 11.9 Å². The highest BCUT2D eigenvalue weighted by atomic mass is 32.2. The largest absolute Gasteiger partial charge is 0.465 e. The number of carbonyl (C=O) groups excluding carboxylic acids is 1. The molecule has 2 aliphatic heterocycles. The van der Waals surface area contributed by atoms with Gasteiger partial charge in [0.25, 0.3) is 0 Å². The number of carboxylic acid groups (broad SMARTS) is 1. The van der Waals surface area contributed by atoms with Crippen LogP contribution in [-0.2, 0) is 4.79 Å². The smallest absolute Gasteiger partial charge is 0.407 e. The molecule has 0 radical (unpaired) electrons. The van der Waals surface area contributed by atoms with Crippen LogP contribution in [0.5, 0.6) is 0 Å². The number of halogens is 1. The van der Waals surface area contributed by atoms with Crippen LogP contribution >= 0.6 is 11.8 Å². The van der Waals surface area contributed by atoms with Gasteiger partial charge >= 0.3 is 6.09 Å². The number of aromatic nitrogens is 3. The Morgan fingerprint density at radius 3 is 2.63 bits per heavy atom. The van der Waals surface area contributed by atoms with E-state index in [9.17, 15) is 14.7 Å². The highest BCUT2D eigenvalue weighted by Crippen LogP contribution is 2.43. The lowest BCUT2D eigenvalue weighted by molar-refractivity contribution is 0.106. The minimum atomic E-state index is -1.01. The van der Waals surface area contributed by atoms with Gasteiger partial charge in [-0.3, -0.25) is 9.88 Å². The average Bonchev–Trinajstić information content (AvgIpc) is 2.96. The van der Waals surface area contributed by atoms with Crippen LogP contribution in [0.4, 0.5) is 20.7 Å². The van der Waals surface area contributed by atoms with Gasteiger partial charge in [-0.2, -0.15) is 0 Å². The zero-order chi connectivity index (χ0) is 29.4. The van der Waals surface area contributed by atoms with Crippen molar-refractivity contribution < 1.29 is 19.1 Å². The molecule has 1 atom stereocenters. The van der Waals surface area contributed by atoms with Crippen molar-refractivity contribution in [3.63, 3.8) is 0 Å². The van der Waals surface area contributed by atoms with Gasteiger partial charge < -0.3 is 14.9 Å². The summed E-state index contributed by atoms with van der Waals surface area (Å²) in [5, 5.41) is 10.1. The Hall–Kier alpha value is -4.28. The van der Waals surface area contributed by atoms with E-state index in [2.05, 4.69) is 9.97 Å². The summed E-state index contributed by atoms with van der Waals surface area (Å²) >= 11 is 1.38. The van der Waals surface area contributed by atoms with Crippen molar-refractivity contribution >= 4 is 41.1 Å². The van der Waals surface area contributed by atoms with Gasteiger partial charge in [-0.15, -0.1) is 11.8 Å². The molecular formula is C29H30FN7O3S. The Kier molecular flexibility index (Phi) is 7.79. The molecule has 3 aromatic heterocycles. The van der Waals surface area contributed by atoms with E-state index >= 15 is 4.39 Å². The molecule has 212 valence electrons. The zero-order valence-electron chi connectivity index (χ0n) is 23.4. The monoisotopic (exact) mass is 575 g/mol. The number of hydrogen-bond donors (Lipinski definition) is 1. The van der Waals surface area contributed by atoms with E-state index in [0.29, 0.717) is 40.0 Å². The van der Waals surface area contributed by atoms with Crippen LogP contribution < -0.4 is 4.90 Å². The summed E-state index contributed by atoms with van der Waals surface area (Å²) in [5.74, 6) is 2.03. The molecule has 5 rings (SSSR count). The van der Waals surface area contributed by atoms with Crippen molar-refractivity contribution in [2.75, 3.05) is 30.8 Å². The van der Waals surface area contributed by atoms with Crippen LogP contribution in [-0.4, -0.2) is 79.7 Å². The number of amidine groups is 1. The maximum Gasteiger partial charge on any atom is 0.407 e. The van der Waals surface area contributed by atoms with Crippen molar-refractivity contribution in [3.8, 4) is 11.3 Å². The predicted molar refractivity (Wildman–Crippen MR) is 156 cm³/mol. The molecule has 1 saturated heterocycles. The molecular weight excluding hydrogens is 545 g/mol. The summed E-state index contributed by atoms with van der Waals surface area (Å²) < 4.78 is 16.0. The van der Waals surface area contributed by atoms with Gasteiger partial charge in [-0.05, 0) is 55.9 Å². The quantitative estimate of drug-likeness (QED) is 0.336. The van der Waals surface area contributed by atoms with Crippen LogP contribution in [0.1, 0.15) is 43.5 Å². The number of carbonyl (C=O) groups is 1. The Morgan fingerprint density at radius 2 is 1.98 bits per heavy atom. The predicted octanol–water partition coefficient (Wildman–Crippen LogP) is 5.09. The van der Waals surface area contributed by atoms with E-state index in [0.717, 1.165) is 11.3 Å². The number of aliphatic imine (C=N–C) groups is 1. The molecule has 0 bridgehead atoms. The van der Waals surface area contributed by atoms with E-state index in [4.69, 9.17) is 9.98 Å². The van der Waals surface area contributed by atoms with Crippen molar-refractivity contribution in [2.24, 2.45) is 4.99 Å². The van der Waals surface area contributed by atoms with Crippen LogP contribution in [0.2, 0.25) is 0 Å². The Bertz CT molecular complexity index is 1610. The first-order chi connectivity index (χ1) is 19.7. The standard InChI is InChI=1S/C29H30FN7O3S/c1-16(2)23-25(17(3)8-10-31-23)37-22(15-38)33-26(36-12-11-35(29(39)40)14-18(36)4)20-13-21(30)24(34-27(20)37)19-7-6-9-32-28(19)41-5/h6-10,13,16,18H,11-12,14H2,1-5H3,(H,39,40)/t18-/m0/s1. The lowest BCUT2D eigenvalue weighted by Gasteiger charge is -2.42. The average molecular weight is 576 g/mol. The minimum Gasteiger partial charge on any atom is -0.465 e. The molecule has 0 spiro atoms. The SMILES string of the molecule is CSc1ncccc1-c1nc2c(cc1F)C(N1CCN(C(=O)O)C[C@@H]1C)=NC(=C=O)N2c1c(C)ccnc1C(C)C. The summed E-state index contributed by atoms with van der Waals surface area (Å²) in [6.45, 7) is 8.56.